The quantitative estimate of drug-likeness (QED) is 0.354. The zero-order valence-electron chi connectivity index (χ0n) is 10.4. The van der Waals surface area contributed by atoms with Gasteiger partial charge in [0, 0.05) is 11.3 Å². The third kappa shape index (κ3) is 5.24. The van der Waals surface area contributed by atoms with Crippen LogP contribution in [-0.2, 0) is 5.75 Å². The van der Waals surface area contributed by atoms with Crippen molar-refractivity contribution < 1.29 is 4.79 Å². The number of nitrogen functional groups attached to an aromatic ring is 1. The van der Waals surface area contributed by atoms with Crippen LogP contribution in [-0.4, -0.2) is 11.7 Å². The van der Waals surface area contributed by atoms with E-state index in [1.165, 1.54) is 17.7 Å². The molecule has 0 aliphatic carbocycles. The Morgan fingerprint density at radius 3 is 2.53 bits per heavy atom. The van der Waals surface area contributed by atoms with Crippen LogP contribution in [0.2, 0.25) is 0 Å². The van der Waals surface area contributed by atoms with Crippen LogP contribution in [0.4, 0.5) is 0 Å². The van der Waals surface area contributed by atoms with E-state index in [1.54, 1.807) is 12.1 Å². The number of carbonyl (C=O) groups excluding carboxylic acids is 1. The average molecular weight is 252 g/mol. The van der Waals surface area contributed by atoms with Gasteiger partial charge in [0.2, 0.25) is 0 Å². The first-order chi connectivity index (χ1) is 8.13. The Labute approximate surface area is 107 Å². The third-order valence-corrected chi connectivity index (χ3v) is 3.52. The van der Waals surface area contributed by atoms with Gasteiger partial charge in [0.05, 0.1) is 0 Å². The Morgan fingerprint density at radius 2 is 2.00 bits per heavy atom. The van der Waals surface area contributed by atoms with Crippen LogP contribution in [0.15, 0.2) is 24.3 Å². The Bertz CT molecular complexity index is 349. The smallest absolute Gasteiger partial charge is 0.265 e. The van der Waals surface area contributed by atoms with Gasteiger partial charge in [-0.3, -0.25) is 10.2 Å². The third-order valence-electron chi connectivity index (χ3n) is 2.46. The number of hydrogen-bond donors (Lipinski definition) is 2. The molecule has 0 saturated heterocycles. The topological polar surface area (TPSA) is 55.1 Å². The summed E-state index contributed by atoms with van der Waals surface area (Å²) in [7, 11) is 0. The lowest BCUT2D eigenvalue weighted by atomic mass is 10.1. The minimum atomic E-state index is -0.246. The van der Waals surface area contributed by atoms with Crippen molar-refractivity contribution in [2.75, 3.05) is 5.75 Å². The minimum Gasteiger partial charge on any atom is -0.290 e. The van der Waals surface area contributed by atoms with E-state index in [4.69, 9.17) is 5.84 Å². The standard InChI is InChI=1S/C13H20N2OS/c1-10(2)7-8-17-9-11-3-5-12(6-4-11)13(16)15-14/h3-6,10H,7-9,14H2,1-2H3,(H,15,16). The van der Waals surface area contributed by atoms with Gasteiger partial charge in [-0.2, -0.15) is 11.8 Å². The largest absolute Gasteiger partial charge is 0.290 e. The maximum Gasteiger partial charge on any atom is 0.265 e. The number of nitrogens with one attached hydrogen (secondary N) is 1. The first kappa shape index (κ1) is 14.1. The highest BCUT2D eigenvalue weighted by Crippen LogP contribution is 2.16. The van der Waals surface area contributed by atoms with Gasteiger partial charge >= 0.3 is 0 Å². The van der Waals surface area contributed by atoms with E-state index in [1.807, 2.05) is 23.9 Å². The van der Waals surface area contributed by atoms with E-state index in [0.29, 0.717) is 5.56 Å². The van der Waals surface area contributed by atoms with Gasteiger partial charge in [-0.05, 0) is 35.8 Å². The summed E-state index contributed by atoms with van der Waals surface area (Å²) in [5, 5.41) is 0. The molecule has 0 atom stereocenters. The second kappa shape index (κ2) is 7.35. The van der Waals surface area contributed by atoms with Crippen LogP contribution in [0.1, 0.15) is 36.2 Å². The highest BCUT2D eigenvalue weighted by Gasteiger charge is 2.02. The second-order valence-corrected chi connectivity index (χ2v) is 5.51. The molecule has 0 radical (unpaired) electrons. The number of thioether (sulfide) groups is 1. The molecule has 3 nitrogen and oxygen atoms in total. The highest BCUT2D eigenvalue weighted by atomic mass is 32.2. The summed E-state index contributed by atoms with van der Waals surface area (Å²) in [4.78, 5) is 11.2. The van der Waals surface area contributed by atoms with Crippen molar-refractivity contribution in [3.63, 3.8) is 0 Å². The molecule has 1 aromatic rings. The molecule has 17 heavy (non-hydrogen) atoms. The summed E-state index contributed by atoms with van der Waals surface area (Å²) >= 11 is 1.93. The van der Waals surface area contributed by atoms with Crippen LogP contribution in [0.5, 0.6) is 0 Å². The summed E-state index contributed by atoms with van der Waals surface area (Å²) < 4.78 is 0. The molecular formula is C13H20N2OS. The van der Waals surface area contributed by atoms with Crippen LogP contribution in [0.25, 0.3) is 0 Å². The molecule has 0 aromatic heterocycles. The van der Waals surface area contributed by atoms with Gasteiger partial charge in [0.15, 0.2) is 0 Å². The summed E-state index contributed by atoms with van der Waals surface area (Å²) in [6.45, 7) is 4.47. The number of rotatable bonds is 6. The number of amides is 1. The molecule has 4 heteroatoms. The van der Waals surface area contributed by atoms with Crippen LogP contribution >= 0.6 is 11.8 Å². The van der Waals surface area contributed by atoms with E-state index in [2.05, 4.69) is 19.3 Å². The molecule has 0 bridgehead atoms. The Morgan fingerprint density at radius 1 is 1.35 bits per heavy atom. The Balaban J connectivity index is 2.38. The molecule has 1 aromatic carbocycles. The van der Waals surface area contributed by atoms with E-state index in [-0.39, 0.29) is 5.91 Å². The normalized spacial score (nSPS) is 10.6. The van der Waals surface area contributed by atoms with Gasteiger partial charge in [0.1, 0.15) is 0 Å². The minimum absolute atomic E-state index is 0.246. The van der Waals surface area contributed by atoms with Crippen molar-refractivity contribution in [3.8, 4) is 0 Å². The van der Waals surface area contributed by atoms with E-state index >= 15 is 0 Å². The fraction of sp³-hybridized carbons (Fsp3) is 0.462. The molecule has 94 valence electrons. The molecule has 0 unspecified atom stereocenters. The van der Waals surface area contributed by atoms with Crippen LogP contribution in [0.3, 0.4) is 0 Å². The van der Waals surface area contributed by atoms with Crippen molar-refractivity contribution >= 4 is 17.7 Å². The average Bonchev–Trinajstić information content (AvgIpc) is 2.34. The summed E-state index contributed by atoms with van der Waals surface area (Å²) in [6.07, 6.45) is 1.25. The van der Waals surface area contributed by atoms with Crippen molar-refractivity contribution in [2.24, 2.45) is 11.8 Å². The van der Waals surface area contributed by atoms with Gasteiger partial charge in [-0.15, -0.1) is 0 Å². The molecule has 0 spiro atoms. The lowest BCUT2D eigenvalue weighted by Gasteiger charge is -2.05. The molecule has 1 rings (SSSR count). The van der Waals surface area contributed by atoms with Gasteiger partial charge in [-0.1, -0.05) is 26.0 Å². The predicted molar refractivity (Wildman–Crippen MR) is 73.7 cm³/mol. The SMILES string of the molecule is CC(C)CCSCc1ccc(C(=O)NN)cc1. The zero-order valence-corrected chi connectivity index (χ0v) is 11.2. The van der Waals surface area contributed by atoms with Crippen LogP contribution in [0, 0.1) is 5.92 Å². The second-order valence-electron chi connectivity index (χ2n) is 4.41. The van der Waals surface area contributed by atoms with Gasteiger partial charge in [0.25, 0.3) is 5.91 Å². The number of carbonyl (C=O) groups is 1. The molecule has 0 aliphatic rings. The first-order valence-electron chi connectivity index (χ1n) is 5.81. The fourth-order valence-corrected chi connectivity index (χ4v) is 2.56. The molecule has 0 saturated carbocycles. The molecule has 0 fully saturated rings. The highest BCUT2D eigenvalue weighted by molar-refractivity contribution is 7.98. The predicted octanol–water partition coefficient (Wildman–Crippen LogP) is 2.57. The van der Waals surface area contributed by atoms with Gasteiger partial charge in [-0.25, -0.2) is 5.84 Å². The number of hydrazine groups is 1. The van der Waals surface area contributed by atoms with Gasteiger partial charge < -0.3 is 0 Å². The fourth-order valence-electron chi connectivity index (χ4n) is 1.34. The molecule has 0 aliphatic heterocycles. The molecular weight excluding hydrogens is 232 g/mol. The maximum atomic E-state index is 11.2. The van der Waals surface area contributed by atoms with Crippen LogP contribution < -0.4 is 11.3 Å². The maximum absolute atomic E-state index is 11.2. The Hall–Kier alpha value is -1.00. The number of benzene rings is 1. The number of hydrogen-bond acceptors (Lipinski definition) is 3. The molecule has 1 amide bonds. The molecule has 0 heterocycles. The monoisotopic (exact) mass is 252 g/mol. The zero-order chi connectivity index (χ0) is 12.7. The van der Waals surface area contributed by atoms with E-state index < -0.39 is 0 Å². The lowest BCUT2D eigenvalue weighted by molar-refractivity contribution is 0.0953. The summed E-state index contributed by atoms with van der Waals surface area (Å²) in [5.74, 6) is 7.76. The van der Waals surface area contributed by atoms with E-state index in [0.717, 1.165) is 11.7 Å². The van der Waals surface area contributed by atoms with Crippen molar-refractivity contribution in [1.82, 2.24) is 5.43 Å². The Kier molecular flexibility index (Phi) is 6.08. The summed E-state index contributed by atoms with van der Waals surface area (Å²) in [6, 6.07) is 7.57. The lowest BCUT2D eigenvalue weighted by Crippen LogP contribution is -2.29. The first-order valence-corrected chi connectivity index (χ1v) is 6.96. The molecule has 3 N–H and O–H groups in total. The van der Waals surface area contributed by atoms with Crippen molar-refractivity contribution in [2.45, 2.75) is 26.0 Å². The summed E-state index contributed by atoms with van der Waals surface area (Å²) in [5.41, 5.74) is 3.96. The van der Waals surface area contributed by atoms with E-state index in [9.17, 15) is 4.79 Å². The van der Waals surface area contributed by atoms with Crippen molar-refractivity contribution in [3.05, 3.63) is 35.4 Å². The number of nitrogens with two attached hydrogens (primary N) is 1. The van der Waals surface area contributed by atoms with Crippen molar-refractivity contribution in [1.29, 1.82) is 0 Å².